The van der Waals surface area contributed by atoms with Gasteiger partial charge in [0.05, 0.1) is 5.92 Å². The zero-order valence-corrected chi connectivity index (χ0v) is 12.7. The molecule has 0 aromatic heterocycles. The molecular formula is C16H27NO3. The maximum absolute atomic E-state index is 12.3. The van der Waals surface area contributed by atoms with E-state index >= 15 is 0 Å². The first-order chi connectivity index (χ1) is 9.37. The van der Waals surface area contributed by atoms with Gasteiger partial charge in [0.2, 0.25) is 5.91 Å². The molecule has 1 aliphatic carbocycles. The summed E-state index contributed by atoms with van der Waals surface area (Å²) in [6.07, 6.45) is 6.62. The van der Waals surface area contributed by atoms with Crippen LogP contribution in [0.3, 0.4) is 0 Å². The van der Waals surface area contributed by atoms with E-state index in [9.17, 15) is 9.59 Å². The number of hydrogen-bond acceptors (Lipinski definition) is 2. The van der Waals surface area contributed by atoms with Gasteiger partial charge < -0.3 is 10.0 Å². The second-order valence-electron chi connectivity index (χ2n) is 7.31. The van der Waals surface area contributed by atoms with Gasteiger partial charge in [0.1, 0.15) is 0 Å². The molecule has 0 aromatic carbocycles. The second kappa shape index (κ2) is 6.15. The van der Waals surface area contributed by atoms with Crippen molar-refractivity contribution in [1.82, 2.24) is 4.90 Å². The van der Waals surface area contributed by atoms with Gasteiger partial charge in [0.15, 0.2) is 0 Å². The number of rotatable bonds is 3. The van der Waals surface area contributed by atoms with Gasteiger partial charge in [-0.1, -0.05) is 13.8 Å². The van der Waals surface area contributed by atoms with Crippen LogP contribution in [0.25, 0.3) is 0 Å². The van der Waals surface area contributed by atoms with Crippen molar-refractivity contribution in [2.45, 2.75) is 58.8 Å². The van der Waals surface area contributed by atoms with E-state index in [1.807, 2.05) is 4.90 Å². The van der Waals surface area contributed by atoms with Crippen LogP contribution in [0.4, 0.5) is 0 Å². The fourth-order valence-corrected chi connectivity index (χ4v) is 3.42. The highest BCUT2D eigenvalue weighted by molar-refractivity contribution is 5.77. The van der Waals surface area contributed by atoms with E-state index in [2.05, 4.69) is 13.8 Å². The predicted octanol–water partition coefficient (Wildman–Crippen LogP) is 2.92. The van der Waals surface area contributed by atoms with Crippen molar-refractivity contribution in [2.75, 3.05) is 13.1 Å². The molecule has 1 saturated carbocycles. The van der Waals surface area contributed by atoms with Gasteiger partial charge >= 0.3 is 5.97 Å². The third kappa shape index (κ3) is 3.97. The number of carbonyl (C=O) groups excluding carboxylic acids is 1. The lowest BCUT2D eigenvalue weighted by molar-refractivity contribution is -0.146. The Hall–Kier alpha value is -1.06. The van der Waals surface area contributed by atoms with Gasteiger partial charge in [0.25, 0.3) is 0 Å². The van der Waals surface area contributed by atoms with Crippen LogP contribution in [-0.2, 0) is 9.59 Å². The van der Waals surface area contributed by atoms with E-state index < -0.39 is 5.97 Å². The van der Waals surface area contributed by atoms with Crippen LogP contribution in [0.5, 0.6) is 0 Å². The van der Waals surface area contributed by atoms with Gasteiger partial charge in [-0.2, -0.15) is 0 Å². The summed E-state index contributed by atoms with van der Waals surface area (Å²) in [5, 5.41) is 8.97. The largest absolute Gasteiger partial charge is 0.481 e. The van der Waals surface area contributed by atoms with Crippen molar-refractivity contribution in [3.8, 4) is 0 Å². The molecule has 0 bridgehead atoms. The molecule has 0 unspecified atom stereocenters. The Bertz CT molecular complexity index is 360. The summed E-state index contributed by atoms with van der Waals surface area (Å²) in [6, 6.07) is 0. The smallest absolute Gasteiger partial charge is 0.306 e. The number of likely N-dealkylation sites (tertiary alicyclic amines) is 1. The average molecular weight is 281 g/mol. The van der Waals surface area contributed by atoms with Crippen LogP contribution in [0.1, 0.15) is 58.8 Å². The van der Waals surface area contributed by atoms with Gasteiger partial charge in [-0.15, -0.1) is 0 Å². The maximum atomic E-state index is 12.3. The van der Waals surface area contributed by atoms with Gasteiger partial charge in [-0.25, -0.2) is 0 Å². The number of nitrogens with zero attached hydrogens (tertiary/aromatic N) is 1. The monoisotopic (exact) mass is 281 g/mol. The van der Waals surface area contributed by atoms with E-state index in [0.29, 0.717) is 43.7 Å². The van der Waals surface area contributed by atoms with Crippen LogP contribution in [-0.4, -0.2) is 35.0 Å². The third-order valence-corrected chi connectivity index (χ3v) is 5.12. The molecule has 1 aliphatic heterocycles. The molecule has 0 radical (unpaired) electrons. The third-order valence-electron chi connectivity index (χ3n) is 5.12. The fraction of sp³-hybridized carbons (Fsp3) is 0.875. The summed E-state index contributed by atoms with van der Waals surface area (Å²) >= 11 is 0. The molecule has 114 valence electrons. The Balaban J connectivity index is 1.75. The minimum Gasteiger partial charge on any atom is -0.481 e. The molecule has 1 heterocycles. The van der Waals surface area contributed by atoms with Gasteiger partial charge in [0, 0.05) is 19.5 Å². The topological polar surface area (TPSA) is 57.6 Å². The van der Waals surface area contributed by atoms with Gasteiger partial charge in [-0.05, 0) is 49.9 Å². The Kier molecular flexibility index (Phi) is 4.71. The molecule has 0 aromatic rings. The number of carbonyl (C=O) groups is 2. The lowest BCUT2D eigenvalue weighted by atomic mass is 9.72. The molecule has 2 aliphatic rings. The number of aliphatic carboxylic acids is 1. The van der Waals surface area contributed by atoms with Crippen molar-refractivity contribution < 1.29 is 14.7 Å². The Morgan fingerprint density at radius 3 is 2.15 bits per heavy atom. The van der Waals surface area contributed by atoms with Gasteiger partial charge in [-0.3, -0.25) is 9.59 Å². The maximum Gasteiger partial charge on any atom is 0.306 e. The minimum atomic E-state index is -0.716. The molecule has 4 heteroatoms. The first kappa shape index (κ1) is 15.3. The predicted molar refractivity (Wildman–Crippen MR) is 77.3 cm³/mol. The molecule has 1 N–H and O–H groups in total. The van der Waals surface area contributed by atoms with Crippen LogP contribution in [0, 0.1) is 17.3 Å². The van der Waals surface area contributed by atoms with Crippen molar-refractivity contribution in [1.29, 1.82) is 0 Å². The van der Waals surface area contributed by atoms with Crippen molar-refractivity contribution in [3.05, 3.63) is 0 Å². The van der Waals surface area contributed by atoms with Crippen LogP contribution >= 0.6 is 0 Å². The molecule has 2 fully saturated rings. The van der Waals surface area contributed by atoms with Crippen molar-refractivity contribution >= 4 is 11.9 Å². The number of carboxylic acids is 1. The zero-order chi connectivity index (χ0) is 14.8. The number of carboxylic acid groups (broad SMARTS) is 1. The van der Waals surface area contributed by atoms with Crippen LogP contribution in [0.2, 0.25) is 0 Å². The molecular weight excluding hydrogens is 254 g/mol. The van der Waals surface area contributed by atoms with E-state index in [1.54, 1.807) is 0 Å². The fourth-order valence-electron chi connectivity index (χ4n) is 3.42. The molecule has 2 rings (SSSR count). The lowest BCUT2D eigenvalue weighted by Gasteiger charge is -2.36. The van der Waals surface area contributed by atoms with E-state index in [-0.39, 0.29) is 11.8 Å². The van der Waals surface area contributed by atoms with E-state index in [0.717, 1.165) is 12.8 Å². The number of piperidine rings is 1. The Morgan fingerprint density at radius 1 is 1.10 bits per heavy atom. The number of hydrogen-bond donors (Lipinski definition) is 1. The standard InChI is InChI=1S/C16H27NO3/c1-16(2)7-3-12(4-8-16)11-14(18)17-9-5-13(6-10-17)15(19)20/h12-13H,3-11H2,1-2H3,(H,19,20). The molecule has 0 spiro atoms. The summed E-state index contributed by atoms with van der Waals surface area (Å²) in [5.41, 5.74) is 0.444. The SMILES string of the molecule is CC1(C)CCC(CC(=O)N2CCC(C(=O)O)CC2)CC1. The summed E-state index contributed by atoms with van der Waals surface area (Å²) < 4.78 is 0. The molecule has 20 heavy (non-hydrogen) atoms. The van der Waals surface area contributed by atoms with Crippen molar-refractivity contribution in [3.63, 3.8) is 0 Å². The molecule has 1 saturated heterocycles. The van der Waals surface area contributed by atoms with E-state index in [1.165, 1.54) is 12.8 Å². The normalized spacial score (nSPS) is 24.6. The summed E-state index contributed by atoms with van der Waals surface area (Å²) in [4.78, 5) is 25.1. The molecule has 4 nitrogen and oxygen atoms in total. The highest BCUT2D eigenvalue weighted by Crippen LogP contribution is 2.39. The van der Waals surface area contributed by atoms with Crippen molar-refractivity contribution in [2.24, 2.45) is 17.3 Å². The summed E-state index contributed by atoms with van der Waals surface area (Å²) in [5.74, 6) is -0.201. The number of amides is 1. The van der Waals surface area contributed by atoms with Crippen LogP contribution in [0.15, 0.2) is 0 Å². The quantitative estimate of drug-likeness (QED) is 0.865. The highest BCUT2D eigenvalue weighted by atomic mass is 16.4. The second-order valence-corrected chi connectivity index (χ2v) is 7.31. The summed E-state index contributed by atoms with van der Waals surface area (Å²) in [6.45, 7) is 5.85. The first-order valence-corrected chi connectivity index (χ1v) is 7.88. The minimum absolute atomic E-state index is 0.235. The van der Waals surface area contributed by atoms with E-state index in [4.69, 9.17) is 5.11 Å². The first-order valence-electron chi connectivity index (χ1n) is 7.88. The zero-order valence-electron chi connectivity index (χ0n) is 12.7. The molecule has 0 atom stereocenters. The molecule has 1 amide bonds. The Morgan fingerprint density at radius 2 is 1.65 bits per heavy atom. The lowest BCUT2D eigenvalue weighted by Crippen LogP contribution is -2.41. The summed E-state index contributed by atoms with van der Waals surface area (Å²) in [7, 11) is 0. The Labute approximate surface area is 121 Å². The highest BCUT2D eigenvalue weighted by Gasteiger charge is 2.31. The average Bonchev–Trinajstić information content (AvgIpc) is 2.41. The van der Waals surface area contributed by atoms with Crippen LogP contribution < -0.4 is 0 Å².